The van der Waals surface area contributed by atoms with E-state index in [1.807, 2.05) is 12.1 Å². The highest BCUT2D eigenvalue weighted by molar-refractivity contribution is 5.45. The first-order valence-electron chi connectivity index (χ1n) is 6.07. The van der Waals surface area contributed by atoms with Crippen LogP contribution in [0.3, 0.4) is 0 Å². The summed E-state index contributed by atoms with van der Waals surface area (Å²) < 4.78 is 0. The monoisotopic (exact) mass is 238 g/mol. The molecular weight excluding hydrogens is 216 g/mol. The van der Waals surface area contributed by atoms with Crippen molar-refractivity contribution in [3.63, 3.8) is 0 Å². The Morgan fingerprint density at radius 1 is 1.29 bits per heavy atom. The molecule has 1 atom stereocenters. The molecule has 1 aromatic heterocycles. The topological polar surface area (TPSA) is 56.6 Å². The molecule has 0 aliphatic rings. The average Bonchev–Trinajstić information content (AvgIpc) is 2.29. The maximum atomic E-state index is 9.39. The summed E-state index contributed by atoms with van der Waals surface area (Å²) in [6, 6.07) is 4.17. The summed E-state index contributed by atoms with van der Waals surface area (Å²) in [7, 11) is 0. The molecule has 0 amide bonds. The average molecular weight is 238 g/mol. The SMILES string of the molecule is CC(C)N(CCCO)c1ccc([C@@H](C)O)nc1. The third-order valence-electron chi connectivity index (χ3n) is 2.71. The minimum absolute atomic E-state index is 0.197. The van der Waals surface area contributed by atoms with E-state index >= 15 is 0 Å². The molecule has 17 heavy (non-hydrogen) atoms. The molecule has 1 heterocycles. The highest BCUT2D eigenvalue weighted by atomic mass is 16.3. The van der Waals surface area contributed by atoms with Crippen molar-refractivity contribution >= 4 is 5.69 Å². The van der Waals surface area contributed by atoms with Crippen molar-refractivity contribution in [3.05, 3.63) is 24.0 Å². The summed E-state index contributed by atoms with van der Waals surface area (Å²) in [6.07, 6.45) is 1.99. The van der Waals surface area contributed by atoms with Crippen molar-refractivity contribution in [3.8, 4) is 0 Å². The zero-order chi connectivity index (χ0) is 12.8. The van der Waals surface area contributed by atoms with E-state index in [9.17, 15) is 5.11 Å². The lowest BCUT2D eigenvalue weighted by Crippen LogP contribution is -2.32. The van der Waals surface area contributed by atoms with E-state index in [2.05, 4.69) is 23.7 Å². The van der Waals surface area contributed by atoms with Gasteiger partial charge < -0.3 is 15.1 Å². The standard InChI is InChI=1S/C13H22N2O2/c1-10(2)15(7-4-8-16)12-5-6-13(11(3)17)14-9-12/h5-6,9-11,16-17H,4,7-8H2,1-3H3/t11-/m1/s1. The van der Waals surface area contributed by atoms with Crippen LogP contribution in [0.5, 0.6) is 0 Å². The first-order chi connectivity index (χ1) is 8.06. The number of aliphatic hydroxyl groups is 2. The fourth-order valence-electron chi connectivity index (χ4n) is 1.74. The molecule has 0 saturated carbocycles. The smallest absolute Gasteiger partial charge is 0.0931 e. The Morgan fingerprint density at radius 3 is 2.41 bits per heavy atom. The molecule has 0 aromatic carbocycles. The Kier molecular flexibility index (Phi) is 5.38. The Bertz CT molecular complexity index is 323. The molecule has 0 bridgehead atoms. The van der Waals surface area contributed by atoms with Crippen molar-refractivity contribution in [2.24, 2.45) is 0 Å². The molecule has 0 fully saturated rings. The maximum Gasteiger partial charge on any atom is 0.0931 e. The molecule has 0 spiro atoms. The van der Waals surface area contributed by atoms with Crippen LogP contribution >= 0.6 is 0 Å². The first-order valence-corrected chi connectivity index (χ1v) is 6.07. The molecule has 1 rings (SSSR count). The highest BCUT2D eigenvalue weighted by Crippen LogP contribution is 2.18. The molecule has 0 unspecified atom stereocenters. The van der Waals surface area contributed by atoms with E-state index < -0.39 is 6.10 Å². The molecular formula is C13H22N2O2. The van der Waals surface area contributed by atoms with Crippen molar-refractivity contribution in [2.75, 3.05) is 18.1 Å². The number of anilines is 1. The van der Waals surface area contributed by atoms with Crippen LogP contribution in [0.15, 0.2) is 18.3 Å². The van der Waals surface area contributed by atoms with Crippen LogP contribution in [0, 0.1) is 0 Å². The molecule has 0 aliphatic carbocycles. The lowest BCUT2D eigenvalue weighted by Gasteiger charge is -2.28. The second-order valence-electron chi connectivity index (χ2n) is 4.48. The van der Waals surface area contributed by atoms with Gasteiger partial charge in [-0.1, -0.05) is 0 Å². The van der Waals surface area contributed by atoms with Crippen molar-refractivity contribution in [1.29, 1.82) is 0 Å². The number of aliphatic hydroxyl groups excluding tert-OH is 2. The Morgan fingerprint density at radius 2 is 2.00 bits per heavy atom. The van der Waals surface area contributed by atoms with E-state index in [-0.39, 0.29) is 6.61 Å². The number of aromatic nitrogens is 1. The first kappa shape index (κ1) is 13.9. The fraction of sp³-hybridized carbons (Fsp3) is 0.615. The molecule has 0 aliphatic heterocycles. The van der Waals surface area contributed by atoms with Gasteiger partial charge in [0, 0.05) is 19.2 Å². The van der Waals surface area contributed by atoms with E-state index in [0.29, 0.717) is 11.7 Å². The predicted octanol–water partition coefficient (Wildman–Crippen LogP) is 1.73. The quantitative estimate of drug-likeness (QED) is 0.792. The zero-order valence-corrected chi connectivity index (χ0v) is 10.8. The molecule has 1 aromatic rings. The van der Waals surface area contributed by atoms with Gasteiger partial charge in [-0.05, 0) is 39.3 Å². The molecule has 0 saturated heterocycles. The summed E-state index contributed by atoms with van der Waals surface area (Å²) in [5, 5.41) is 18.3. The molecule has 96 valence electrons. The Balaban J connectivity index is 2.80. The van der Waals surface area contributed by atoms with Gasteiger partial charge in [-0.2, -0.15) is 0 Å². The summed E-state index contributed by atoms with van der Waals surface area (Å²) in [5.41, 5.74) is 1.71. The van der Waals surface area contributed by atoms with Crippen molar-refractivity contribution in [1.82, 2.24) is 4.98 Å². The highest BCUT2D eigenvalue weighted by Gasteiger charge is 2.11. The number of hydrogen-bond donors (Lipinski definition) is 2. The minimum atomic E-state index is -0.533. The largest absolute Gasteiger partial charge is 0.396 e. The van der Waals surface area contributed by atoms with Gasteiger partial charge in [0.05, 0.1) is 23.7 Å². The summed E-state index contributed by atoms with van der Waals surface area (Å²) in [4.78, 5) is 6.42. The summed E-state index contributed by atoms with van der Waals surface area (Å²) >= 11 is 0. The van der Waals surface area contributed by atoms with Crippen LogP contribution < -0.4 is 4.90 Å². The molecule has 4 heteroatoms. The maximum absolute atomic E-state index is 9.39. The van der Waals surface area contributed by atoms with Crippen LogP contribution in [-0.2, 0) is 0 Å². The number of hydrogen-bond acceptors (Lipinski definition) is 4. The van der Waals surface area contributed by atoms with E-state index in [1.165, 1.54) is 0 Å². The van der Waals surface area contributed by atoms with Crippen molar-refractivity contribution in [2.45, 2.75) is 39.3 Å². The second-order valence-corrected chi connectivity index (χ2v) is 4.48. The van der Waals surface area contributed by atoms with Gasteiger partial charge in [-0.3, -0.25) is 4.98 Å². The lowest BCUT2D eigenvalue weighted by molar-refractivity contribution is 0.194. The van der Waals surface area contributed by atoms with Gasteiger partial charge >= 0.3 is 0 Å². The van der Waals surface area contributed by atoms with Crippen LogP contribution in [0.2, 0.25) is 0 Å². The lowest BCUT2D eigenvalue weighted by atomic mass is 10.2. The van der Waals surface area contributed by atoms with E-state index in [1.54, 1.807) is 13.1 Å². The van der Waals surface area contributed by atoms with Gasteiger partial charge in [0.25, 0.3) is 0 Å². The Labute approximate surface area is 103 Å². The number of rotatable bonds is 6. The number of pyridine rings is 1. The van der Waals surface area contributed by atoms with Crippen LogP contribution in [-0.4, -0.2) is 34.4 Å². The normalized spacial score (nSPS) is 12.8. The van der Waals surface area contributed by atoms with Gasteiger partial charge in [0.1, 0.15) is 0 Å². The zero-order valence-electron chi connectivity index (χ0n) is 10.8. The van der Waals surface area contributed by atoms with E-state index in [4.69, 9.17) is 5.11 Å². The second kappa shape index (κ2) is 6.57. The predicted molar refractivity (Wildman–Crippen MR) is 69.1 cm³/mol. The Hall–Kier alpha value is -1.13. The van der Waals surface area contributed by atoms with Crippen LogP contribution in [0.25, 0.3) is 0 Å². The fourth-order valence-corrected chi connectivity index (χ4v) is 1.74. The van der Waals surface area contributed by atoms with Gasteiger partial charge in [0.15, 0.2) is 0 Å². The van der Waals surface area contributed by atoms with Crippen LogP contribution in [0.1, 0.15) is 39.0 Å². The minimum Gasteiger partial charge on any atom is -0.396 e. The number of nitrogens with zero attached hydrogens (tertiary/aromatic N) is 2. The van der Waals surface area contributed by atoms with Crippen molar-refractivity contribution < 1.29 is 10.2 Å². The van der Waals surface area contributed by atoms with Gasteiger partial charge in [0.2, 0.25) is 0 Å². The van der Waals surface area contributed by atoms with Gasteiger partial charge in [-0.25, -0.2) is 0 Å². The third-order valence-corrected chi connectivity index (χ3v) is 2.71. The summed E-state index contributed by atoms with van der Waals surface area (Å²) in [5.74, 6) is 0. The molecule has 0 radical (unpaired) electrons. The van der Waals surface area contributed by atoms with Gasteiger partial charge in [-0.15, -0.1) is 0 Å². The molecule has 2 N–H and O–H groups in total. The van der Waals surface area contributed by atoms with E-state index in [0.717, 1.165) is 18.7 Å². The summed E-state index contributed by atoms with van der Waals surface area (Å²) in [6.45, 7) is 6.93. The van der Waals surface area contributed by atoms with Crippen LogP contribution in [0.4, 0.5) is 5.69 Å². The molecule has 4 nitrogen and oxygen atoms in total. The third kappa shape index (κ3) is 3.98.